The largest absolute Gasteiger partial charge is 1.00 e. The van der Waals surface area contributed by atoms with E-state index in [1.54, 1.807) is 24.3 Å². The van der Waals surface area contributed by atoms with Crippen LogP contribution in [-0.4, -0.2) is 182 Å². The standard InChI is InChI=1S/C19H19ClINO.C19H24ClNO.C19H20ClNO.C13H17NO.C12H14ClNO.C7H10O.C6H4ClIO.C6H6ClNO.C4H6O4.C3H4Cl2O2.C2H3BO2.Na/c20-17-6-7-19(18(21)12-17)23-14-16-8-10-22(11-9-16)13-15-4-2-1-3-5-15;20-15-3-4-18-16(11-15)19(12-22-18)5-7-21(8-6-19)17-10-13-1-2-14(17)9-13;20-16-6-7-18-17(12-16)19(14-22-18)8-10-21(11-9-19)13-15-4-2-1-3-5-15;15-11-13-6-8-14(9-7-13)10-12-4-2-1-3-5-12;13-9-1-2-11-10(7-9)12(8-15-11)3-5-14-6-4-12;8-7-4-5-1-2-6(7)3-5;2*7-4-1-2-6(9)5(8)3-4;1-3(5)7-8-4(2)6;1-2(4)7-3(5)6;1-2(4)5-3;/h1-8,12H,9-11,13-14H2;3-4,11,13-14,17H,1-2,5-10,12H2;1-7,12H,8-11,13-14H2;1-6,15H,7-11H2;1-2,7,14H,3-6,8H2;5-6H,1-4H2;1-3,9H;1-3,9H,8H2;1-2H3;2H,1H3;1H3;/q;;;;;;;;;;-1;+1/t;13-,14+,17-;;;;5-,6+;;;;;;/m.1...1....../s1. The number of benzene rings is 9. The quantitative estimate of drug-likeness (QED) is 0.00875. The second-order valence-corrected chi connectivity index (χ2v) is 43.5. The number of nitrogens with one attached hydrogen (secondary N) is 1. The number of halogens is 10. The zero-order valence-electron chi connectivity index (χ0n) is 82.1. The molecule has 12 aliphatic rings. The molecule has 3 radical (unpaired) electrons. The summed E-state index contributed by atoms with van der Waals surface area (Å²) >= 11 is 49.7. The Labute approximate surface area is 937 Å². The summed E-state index contributed by atoms with van der Waals surface area (Å²) in [7, 11) is 4.32. The third kappa shape index (κ3) is 38.0. The summed E-state index contributed by atoms with van der Waals surface area (Å²) in [5, 5.41) is 34.6. The summed E-state index contributed by atoms with van der Waals surface area (Å²) in [6.07, 6.45) is 24.2. The van der Waals surface area contributed by atoms with Crippen LogP contribution in [-0.2, 0) is 74.2 Å². The van der Waals surface area contributed by atoms with E-state index in [0.717, 1.165) is 225 Å². The van der Waals surface area contributed by atoms with Crippen molar-refractivity contribution in [1.29, 1.82) is 0 Å². The molecule has 8 heterocycles. The summed E-state index contributed by atoms with van der Waals surface area (Å²) in [5.74, 6) is 6.52. The Kier molecular flexibility index (Phi) is 49.9. The number of hydrogen-bond donors (Lipinski definition) is 5. The molecule has 6 N–H and O–H groups in total. The Hall–Kier alpha value is -6.79. The Morgan fingerprint density at radius 2 is 0.938 bits per heavy atom. The van der Waals surface area contributed by atoms with E-state index in [-0.39, 0.29) is 63.9 Å². The number of alkyl halides is 1. The molecule has 767 valence electrons. The van der Waals surface area contributed by atoms with E-state index >= 15 is 0 Å². The number of piperidine rings is 3. The van der Waals surface area contributed by atoms with Crippen molar-refractivity contribution in [3.05, 3.63) is 294 Å². The van der Waals surface area contributed by atoms with E-state index in [2.05, 4.69) is 196 Å². The van der Waals surface area contributed by atoms with E-state index in [9.17, 15) is 24.0 Å². The second-order valence-electron chi connectivity index (χ2n) is 37.6. The second kappa shape index (κ2) is 60.3. The molecule has 9 aromatic carbocycles. The number of anilines is 1. The van der Waals surface area contributed by atoms with Gasteiger partial charge >= 0.3 is 46.9 Å². The van der Waals surface area contributed by atoms with Crippen molar-refractivity contribution in [3.63, 3.8) is 0 Å². The van der Waals surface area contributed by atoms with Gasteiger partial charge in [0.1, 0.15) is 46.9 Å². The average Bonchev–Trinajstić information content (AvgIpc) is 1.56. The number of phenols is 2. The molecule has 9 aromatic rings. The van der Waals surface area contributed by atoms with Crippen molar-refractivity contribution >= 4 is 181 Å². The first kappa shape index (κ1) is 119. The topological polar surface area (TPSA) is 271 Å². The van der Waals surface area contributed by atoms with Crippen LogP contribution in [0.5, 0.6) is 34.5 Å². The molecule has 4 saturated carbocycles. The zero-order chi connectivity index (χ0) is 103. The fourth-order valence-electron chi connectivity index (χ4n) is 19.8. The van der Waals surface area contributed by atoms with Crippen LogP contribution >= 0.6 is 138 Å². The van der Waals surface area contributed by atoms with Gasteiger partial charge in [0.25, 0.3) is 0 Å². The maximum absolute atomic E-state index is 10.8. The number of ketones is 1. The van der Waals surface area contributed by atoms with Gasteiger partial charge in [0.05, 0.1) is 39.3 Å². The molecule has 21 rings (SSSR count). The predicted molar refractivity (Wildman–Crippen MR) is 587 cm³/mol. The van der Waals surface area contributed by atoms with Gasteiger partial charge in [-0.2, -0.15) is 0 Å². The van der Waals surface area contributed by atoms with Crippen molar-refractivity contribution < 1.29 is 107 Å². The van der Waals surface area contributed by atoms with Gasteiger partial charge in [0, 0.05) is 160 Å². The van der Waals surface area contributed by atoms with E-state index in [4.69, 9.17) is 133 Å². The number of aromatic hydroxyl groups is 2. The van der Waals surface area contributed by atoms with Gasteiger partial charge in [-0.1, -0.05) is 191 Å². The Balaban J connectivity index is 0.000000167. The summed E-state index contributed by atoms with van der Waals surface area (Å²) in [6.45, 7) is 22.4. The van der Waals surface area contributed by atoms with Crippen LogP contribution in [0.3, 0.4) is 0 Å². The Bertz CT molecular complexity index is 5610. The van der Waals surface area contributed by atoms with Gasteiger partial charge in [0.2, 0.25) is 5.97 Å². The number of aliphatic hydroxyl groups excluding tert-OH is 1. The molecule has 0 amide bonds. The predicted octanol–water partition coefficient (Wildman–Crippen LogP) is 22.1. The molecule has 3 saturated heterocycles. The van der Waals surface area contributed by atoms with Crippen molar-refractivity contribution in [1.82, 2.24) is 24.9 Å². The van der Waals surface area contributed by atoms with Crippen LogP contribution in [0.2, 0.25) is 30.1 Å². The first-order chi connectivity index (χ1) is 68.6. The first-order valence-corrected chi connectivity index (χ1v) is 53.6. The molecule has 3 spiro atoms. The number of ether oxygens (including phenoxy) is 5. The van der Waals surface area contributed by atoms with Crippen LogP contribution in [0.4, 0.5) is 10.5 Å². The summed E-state index contributed by atoms with van der Waals surface area (Å²) < 4.78 is 33.2. The van der Waals surface area contributed by atoms with E-state index in [1.807, 2.05) is 77.2 Å². The molecule has 1 unspecified atom stereocenters. The molecule has 7 fully saturated rings. The number of nitrogens with zero attached hydrogens (tertiary/aromatic N) is 4. The van der Waals surface area contributed by atoms with E-state index < -0.39 is 28.9 Å². The molecular formula is C110H127BCl8I2N6NaO16. The average molecular weight is 2360 g/mol. The normalized spacial score (nSPS) is 20.0. The SMILES string of the molecule is CC(=O)OOC(C)=O.CC(Cl)OC(=O)Cl.Clc1ccc(OCC2=CCN(Cc3ccccc3)CC2)c(I)c1.Clc1ccc2c(c1)C1(CCN(Cc3ccccc3)CC1)CO2.Clc1ccc2c(c1)C1(CCN([C@@H]3C[C@@H]4CC[C@H]3C4)CC1)CO2.Clc1ccc2c(c1)C1(CCNCC1)CO2.Nc1cc(Cl)ccc1O.O=C1C[C@@H]2CC[C@H]1C2.OCC1=CCN(Cc2ccccc2)CC1.Oc1ccc(Cl)cc1I.[B-]OC(C)=O.[Na+]. The van der Waals surface area contributed by atoms with Crippen LogP contribution in [0.25, 0.3) is 0 Å². The molecule has 144 heavy (non-hydrogen) atoms. The number of carbonyl (C=O) groups is 5. The van der Waals surface area contributed by atoms with Gasteiger partial charge in [-0.15, -0.1) is 0 Å². The molecule has 0 aromatic heterocycles. The number of hydrogen-bond acceptors (Lipinski definition) is 22. The molecule has 6 atom stereocenters. The number of Topliss-reactive ketones (excluding diaryl/α,β-unsaturated/α-hetero) is 1. The number of likely N-dealkylation sites (tertiary alicyclic amines) is 2. The van der Waals surface area contributed by atoms with Crippen molar-refractivity contribution in [2.75, 3.05) is 104 Å². The van der Waals surface area contributed by atoms with Gasteiger partial charge in [0.15, 0.2) is 5.56 Å². The molecule has 8 aliphatic heterocycles. The number of nitrogens with two attached hydrogens (primary N) is 1. The maximum Gasteiger partial charge on any atom is 1.00 e. The fraction of sp³-hybridized carbons (Fsp3) is 0.427. The first-order valence-electron chi connectivity index (χ1n) is 48.4. The summed E-state index contributed by atoms with van der Waals surface area (Å²) in [4.78, 5) is 67.5. The van der Waals surface area contributed by atoms with Gasteiger partial charge in [-0.3, -0.25) is 24.3 Å². The number of aliphatic hydroxyl groups is 1. The van der Waals surface area contributed by atoms with Crippen molar-refractivity contribution in [2.45, 2.75) is 178 Å². The van der Waals surface area contributed by atoms with Gasteiger partial charge in [-0.05, 0) is 336 Å². The number of fused-ring (bicyclic) bond motifs is 10. The fourth-order valence-corrected chi connectivity index (χ4v) is 22.7. The van der Waals surface area contributed by atoms with Crippen molar-refractivity contribution in [2.24, 2.45) is 23.7 Å². The Morgan fingerprint density at radius 1 is 0.514 bits per heavy atom. The summed E-state index contributed by atoms with van der Waals surface area (Å²) in [5.41, 5.74) is 15.4. The minimum absolute atomic E-state index is 0. The monoisotopic (exact) mass is 2360 g/mol. The minimum atomic E-state index is -0.873. The van der Waals surface area contributed by atoms with Crippen LogP contribution in [0.15, 0.2) is 223 Å². The van der Waals surface area contributed by atoms with Crippen LogP contribution in [0.1, 0.15) is 164 Å². The van der Waals surface area contributed by atoms with Crippen molar-refractivity contribution in [3.8, 4) is 34.5 Å². The zero-order valence-corrected chi connectivity index (χ0v) is 94.4. The molecule has 4 aliphatic carbocycles. The van der Waals surface area contributed by atoms with Crippen LogP contribution < -0.4 is 59.6 Å². The molecule has 22 nitrogen and oxygen atoms in total. The number of rotatable bonds is 12. The molecular weight excluding hydrogens is 2230 g/mol. The van der Waals surface area contributed by atoms with E-state index in [0.29, 0.717) is 34.0 Å². The third-order valence-corrected chi connectivity index (χ3v) is 30.8. The van der Waals surface area contributed by atoms with E-state index in [1.165, 1.54) is 141 Å². The Morgan fingerprint density at radius 3 is 1.29 bits per heavy atom. The number of carbonyl (C=O) groups excluding carboxylic acids is 5. The van der Waals surface area contributed by atoms with Crippen LogP contribution in [0, 0.1) is 30.8 Å². The molecule has 4 bridgehead atoms. The number of nitrogen functional groups attached to an aromatic ring is 1. The van der Waals surface area contributed by atoms with Gasteiger partial charge in [-0.25, -0.2) is 24.2 Å². The number of phenolic OH excluding ortho intramolecular Hbond substituents is 2. The maximum atomic E-state index is 10.8. The molecule has 34 heteroatoms. The van der Waals surface area contributed by atoms with Gasteiger partial charge < -0.3 is 67.7 Å². The third-order valence-electron chi connectivity index (χ3n) is 27.5. The summed E-state index contributed by atoms with van der Waals surface area (Å²) in [6, 6.07) is 66.1. The minimum Gasteiger partial charge on any atom is -0.793 e. The smallest absolute Gasteiger partial charge is 0.793 e.